The van der Waals surface area contributed by atoms with Gasteiger partial charge in [0.05, 0.1) is 23.2 Å². The highest BCUT2D eigenvalue weighted by molar-refractivity contribution is 5.88. The van der Waals surface area contributed by atoms with Crippen LogP contribution in [0.5, 0.6) is 0 Å². The zero-order valence-electron chi connectivity index (χ0n) is 15.8. The SMILES string of the molecule is C[C@@]12CC[C@]3(O)[C@@](CC1=O)(C2)[C@@H](O)C[C@H]1[C@@]3(C)[C@@H](O)CC[C@@]1(C)C(=O)O. The fraction of sp³-hybridized carbons (Fsp3) is 0.900. The number of hydrogen-bond acceptors (Lipinski definition) is 5. The number of carbonyl (C=O) groups is 2. The van der Waals surface area contributed by atoms with E-state index in [0.717, 1.165) is 0 Å². The van der Waals surface area contributed by atoms with E-state index in [1.165, 1.54) is 0 Å². The van der Waals surface area contributed by atoms with Crippen molar-refractivity contribution in [2.45, 2.75) is 83.5 Å². The number of aliphatic hydroxyl groups is 3. The molecule has 1 spiro atoms. The Balaban J connectivity index is 1.91. The van der Waals surface area contributed by atoms with Crippen LogP contribution in [0, 0.1) is 27.6 Å². The number of ketones is 1. The molecule has 0 aromatic rings. The average Bonchev–Trinajstić information content (AvgIpc) is 2.80. The average molecular weight is 366 g/mol. The fourth-order valence-corrected chi connectivity index (χ4v) is 7.48. The molecule has 4 saturated carbocycles. The topological polar surface area (TPSA) is 115 Å². The second-order valence-electron chi connectivity index (χ2n) is 10.2. The number of aliphatic carboxylic acids is 1. The van der Waals surface area contributed by atoms with E-state index in [2.05, 4.69) is 0 Å². The molecule has 146 valence electrons. The molecule has 2 bridgehead atoms. The molecule has 4 aliphatic rings. The van der Waals surface area contributed by atoms with Crippen molar-refractivity contribution >= 4 is 11.8 Å². The monoisotopic (exact) mass is 366 g/mol. The summed E-state index contributed by atoms with van der Waals surface area (Å²) >= 11 is 0. The number of carbonyl (C=O) groups excluding carboxylic acids is 1. The first-order valence-electron chi connectivity index (χ1n) is 9.73. The molecule has 0 aromatic carbocycles. The quantitative estimate of drug-likeness (QED) is 0.559. The molecule has 0 amide bonds. The van der Waals surface area contributed by atoms with Gasteiger partial charge in [0.2, 0.25) is 0 Å². The lowest BCUT2D eigenvalue weighted by molar-refractivity contribution is -0.319. The van der Waals surface area contributed by atoms with E-state index in [0.29, 0.717) is 32.1 Å². The Bertz CT molecular complexity index is 690. The van der Waals surface area contributed by atoms with Gasteiger partial charge in [-0.25, -0.2) is 0 Å². The predicted molar refractivity (Wildman–Crippen MR) is 92.2 cm³/mol. The maximum absolute atomic E-state index is 12.7. The first-order chi connectivity index (χ1) is 11.9. The van der Waals surface area contributed by atoms with Gasteiger partial charge in [-0.05, 0) is 51.4 Å². The number of hydrogen-bond donors (Lipinski definition) is 4. The normalized spacial score (nSPS) is 58.8. The lowest BCUT2D eigenvalue weighted by Gasteiger charge is -2.70. The third kappa shape index (κ3) is 1.70. The number of carboxylic acids is 1. The van der Waals surface area contributed by atoms with Crippen LogP contribution in [0.3, 0.4) is 0 Å². The van der Waals surface area contributed by atoms with E-state index in [1.54, 1.807) is 13.8 Å². The molecule has 6 nitrogen and oxygen atoms in total. The van der Waals surface area contributed by atoms with Crippen LogP contribution in [0.25, 0.3) is 0 Å². The second-order valence-corrected chi connectivity index (χ2v) is 10.2. The molecule has 6 heteroatoms. The summed E-state index contributed by atoms with van der Waals surface area (Å²) in [4.78, 5) is 24.8. The summed E-state index contributed by atoms with van der Waals surface area (Å²) in [6, 6.07) is 0. The summed E-state index contributed by atoms with van der Waals surface area (Å²) in [7, 11) is 0. The summed E-state index contributed by atoms with van der Waals surface area (Å²) in [6.45, 7) is 5.37. The predicted octanol–water partition coefficient (Wildman–Crippen LogP) is 1.50. The molecule has 0 radical (unpaired) electrons. The minimum absolute atomic E-state index is 0.0702. The van der Waals surface area contributed by atoms with Crippen LogP contribution < -0.4 is 0 Å². The molecule has 4 N–H and O–H groups in total. The maximum Gasteiger partial charge on any atom is 0.309 e. The van der Waals surface area contributed by atoms with E-state index in [1.807, 2.05) is 6.92 Å². The van der Waals surface area contributed by atoms with Gasteiger partial charge in [-0.3, -0.25) is 9.59 Å². The third-order valence-electron chi connectivity index (χ3n) is 9.32. The Morgan fingerprint density at radius 3 is 2.35 bits per heavy atom. The molecule has 0 heterocycles. The molecule has 0 unspecified atom stereocenters. The second kappa shape index (κ2) is 4.89. The molecular weight excluding hydrogens is 336 g/mol. The van der Waals surface area contributed by atoms with Crippen LogP contribution >= 0.6 is 0 Å². The first-order valence-corrected chi connectivity index (χ1v) is 9.73. The number of fused-ring (bicyclic) bond motifs is 3. The molecule has 26 heavy (non-hydrogen) atoms. The minimum atomic E-state index is -1.45. The molecule has 4 rings (SSSR count). The van der Waals surface area contributed by atoms with Gasteiger partial charge in [0.15, 0.2) is 0 Å². The molecule has 4 fully saturated rings. The third-order valence-corrected chi connectivity index (χ3v) is 9.32. The highest BCUT2D eigenvalue weighted by atomic mass is 16.4. The van der Waals surface area contributed by atoms with E-state index in [4.69, 9.17) is 0 Å². The van der Waals surface area contributed by atoms with E-state index in [-0.39, 0.29) is 18.6 Å². The Morgan fingerprint density at radius 1 is 1.08 bits per heavy atom. The fourth-order valence-electron chi connectivity index (χ4n) is 7.48. The van der Waals surface area contributed by atoms with Crippen LogP contribution in [0.15, 0.2) is 0 Å². The summed E-state index contributed by atoms with van der Waals surface area (Å²) in [6.07, 6.45) is 0.361. The van der Waals surface area contributed by atoms with Gasteiger partial charge >= 0.3 is 5.97 Å². The molecular formula is C20H30O6. The van der Waals surface area contributed by atoms with Crippen LogP contribution in [-0.4, -0.2) is 50.0 Å². The van der Waals surface area contributed by atoms with Gasteiger partial charge in [0.1, 0.15) is 5.78 Å². The Kier molecular flexibility index (Phi) is 3.46. The summed E-state index contributed by atoms with van der Waals surface area (Å²) < 4.78 is 0. The standard InChI is InChI=1S/C20H30O6/c1-16-6-7-20(26)18(3)11(17(2,15(24)25)5-4-12(18)21)8-13(22)19(20,10-16)9-14(16)23/h11-13,21-22,26H,4-10H2,1-3H3,(H,24,25)/t11-,12+,13+,16+,17-,18+,19+,20-/m1/s1. The van der Waals surface area contributed by atoms with Crippen LogP contribution in [0.4, 0.5) is 0 Å². The summed E-state index contributed by atoms with van der Waals surface area (Å²) in [5.74, 6) is -1.43. The lowest BCUT2D eigenvalue weighted by Crippen LogP contribution is -2.76. The van der Waals surface area contributed by atoms with Crippen molar-refractivity contribution in [1.82, 2.24) is 0 Å². The van der Waals surface area contributed by atoms with Crippen molar-refractivity contribution in [2.24, 2.45) is 27.6 Å². The first kappa shape index (κ1) is 18.4. The van der Waals surface area contributed by atoms with Crippen molar-refractivity contribution < 1.29 is 30.0 Å². The Morgan fingerprint density at radius 2 is 1.73 bits per heavy atom. The van der Waals surface area contributed by atoms with Crippen LogP contribution in [0.1, 0.15) is 65.7 Å². The van der Waals surface area contributed by atoms with Crippen molar-refractivity contribution in [3.05, 3.63) is 0 Å². The highest BCUT2D eigenvalue weighted by Gasteiger charge is 2.79. The van der Waals surface area contributed by atoms with Gasteiger partial charge < -0.3 is 20.4 Å². The molecule has 4 aliphatic carbocycles. The van der Waals surface area contributed by atoms with Gasteiger partial charge in [-0.15, -0.1) is 0 Å². The van der Waals surface area contributed by atoms with Crippen LogP contribution in [0.2, 0.25) is 0 Å². The summed E-state index contributed by atoms with van der Waals surface area (Å²) in [5.41, 5.74) is -5.16. The molecule has 0 aromatic heterocycles. The number of aliphatic hydroxyl groups excluding tert-OH is 2. The van der Waals surface area contributed by atoms with Gasteiger partial charge in [-0.2, -0.15) is 0 Å². The Labute approximate surface area is 153 Å². The zero-order valence-corrected chi connectivity index (χ0v) is 15.8. The molecule has 0 saturated heterocycles. The maximum atomic E-state index is 12.7. The largest absolute Gasteiger partial charge is 0.481 e. The number of carboxylic acid groups (broad SMARTS) is 1. The van der Waals surface area contributed by atoms with Crippen molar-refractivity contribution in [2.75, 3.05) is 0 Å². The summed E-state index contributed by atoms with van der Waals surface area (Å²) in [5, 5.41) is 44.1. The van der Waals surface area contributed by atoms with E-state index >= 15 is 0 Å². The zero-order chi connectivity index (χ0) is 19.3. The van der Waals surface area contributed by atoms with Gasteiger partial charge in [0, 0.05) is 22.7 Å². The minimum Gasteiger partial charge on any atom is -0.481 e. The van der Waals surface area contributed by atoms with E-state index < -0.39 is 51.4 Å². The smallest absolute Gasteiger partial charge is 0.309 e. The molecule has 8 atom stereocenters. The van der Waals surface area contributed by atoms with Gasteiger partial charge in [-0.1, -0.05) is 13.8 Å². The Hall–Kier alpha value is -0.980. The molecule has 0 aliphatic heterocycles. The van der Waals surface area contributed by atoms with Crippen LogP contribution in [-0.2, 0) is 9.59 Å². The highest BCUT2D eigenvalue weighted by Crippen LogP contribution is 2.74. The van der Waals surface area contributed by atoms with Crippen molar-refractivity contribution in [3.8, 4) is 0 Å². The van der Waals surface area contributed by atoms with Crippen molar-refractivity contribution in [1.29, 1.82) is 0 Å². The van der Waals surface area contributed by atoms with Crippen molar-refractivity contribution in [3.63, 3.8) is 0 Å². The lowest BCUT2D eigenvalue weighted by atomic mass is 9.37. The number of Topliss-reactive ketones (excluding diaryl/α,β-unsaturated/α-hetero) is 1. The number of rotatable bonds is 1. The van der Waals surface area contributed by atoms with Gasteiger partial charge in [0.25, 0.3) is 0 Å². The van der Waals surface area contributed by atoms with E-state index in [9.17, 15) is 30.0 Å².